The molecular weight excluding hydrogens is 204 g/mol. The van der Waals surface area contributed by atoms with Crippen molar-refractivity contribution in [1.82, 2.24) is 9.71 Å². The van der Waals surface area contributed by atoms with Gasteiger partial charge in [0.15, 0.2) is 0 Å². The number of sulfonamides is 1. The van der Waals surface area contributed by atoms with Gasteiger partial charge in [-0.15, -0.1) is 0 Å². The molecule has 1 rings (SSSR count). The third-order valence-electron chi connectivity index (χ3n) is 1.61. The molecule has 0 saturated heterocycles. The van der Waals surface area contributed by atoms with Crippen LogP contribution < -0.4 is 10.3 Å². The molecule has 0 bridgehead atoms. The van der Waals surface area contributed by atoms with Crippen LogP contribution in [0.4, 0.5) is 0 Å². The minimum absolute atomic E-state index is 0.0746. The first-order chi connectivity index (χ1) is 6.56. The fraction of sp³-hybridized carbons (Fsp3) is 0.375. The average Bonchev–Trinajstić information content (AvgIpc) is 2.16. The number of H-pyrrole nitrogens is 1. The quantitative estimate of drug-likeness (QED) is 0.747. The highest BCUT2D eigenvalue weighted by atomic mass is 32.2. The molecule has 1 heterocycles. The number of rotatable bonds is 4. The summed E-state index contributed by atoms with van der Waals surface area (Å²) >= 11 is 0. The van der Waals surface area contributed by atoms with Gasteiger partial charge in [-0.1, -0.05) is 6.92 Å². The molecule has 5 nitrogen and oxygen atoms in total. The van der Waals surface area contributed by atoms with Crippen LogP contribution in [0.2, 0.25) is 0 Å². The van der Waals surface area contributed by atoms with Crippen LogP contribution in [0, 0.1) is 0 Å². The van der Waals surface area contributed by atoms with E-state index < -0.39 is 10.0 Å². The van der Waals surface area contributed by atoms with Gasteiger partial charge in [-0.25, -0.2) is 13.1 Å². The normalized spacial score (nSPS) is 11.5. The Labute approximate surface area is 82.2 Å². The summed E-state index contributed by atoms with van der Waals surface area (Å²) in [5.74, 6) is 0. The number of aromatic amines is 1. The summed E-state index contributed by atoms with van der Waals surface area (Å²) in [6.45, 7) is 2.26. The van der Waals surface area contributed by atoms with Gasteiger partial charge in [0, 0.05) is 18.8 Å². The molecule has 0 radical (unpaired) electrons. The predicted molar refractivity (Wildman–Crippen MR) is 52.5 cm³/mol. The van der Waals surface area contributed by atoms with Crippen LogP contribution in [0.3, 0.4) is 0 Å². The zero-order chi connectivity index (χ0) is 10.6. The van der Waals surface area contributed by atoms with E-state index in [-0.39, 0.29) is 10.5 Å². The molecule has 0 fully saturated rings. The zero-order valence-corrected chi connectivity index (χ0v) is 8.60. The van der Waals surface area contributed by atoms with Crippen molar-refractivity contribution in [2.24, 2.45) is 0 Å². The molecule has 0 atom stereocenters. The van der Waals surface area contributed by atoms with Crippen molar-refractivity contribution < 1.29 is 8.42 Å². The van der Waals surface area contributed by atoms with Gasteiger partial charge >= 0.3 is 0 Å². The topological polar surface area (TPSA) is 79.0 Å². The number of hydrogen-bond donors (Lipinski definition) is 2. The van der Waals surface area contributed by atoms with E-state index in [4.69, 9.17) is 0 Å². The highest BCUT2D eigenvalue weighted by Gasteiger charge is 2.11. The Bertz CT molecular complexity index is 429. The SMILES string of the molecule is CCCNS(=O)(=O)c1ccc(=O)[nH]c1. The molecular formula is C8H12N2O3S. The van der Waals surface area contributed by atoms with Crippen molar-refractivity contribution in [2.75, 3.05) is 6.54 Å². The molecule has 0 aliphatic carbocycles. The van der Waals surface area contributed by atoms with E-state index in [1.165, 1.54) is 18.3 Å². The van der Waals surface area contributed by atoms with Crippen molar-refractivity contribution in [3.8, 4) is 0 Å². The Morgan fingerprint density at radius 1 is 1.43 bits per heavy atom. The largest absolute Gasteiger partial charge is 0.328 e. The van der Waals surface area contributed by atoms with Crippen LogP contribution in [0.25, 0.3) is 0 Å². The molecule has 1 aromatic heterocycles. The van der Waals surface area contributed by atoms with Crippen molar-refractivity contribution >= 4 is 10.0 Å². The van der Waals surface area contributed by atoms with Gasteiger partial charge in [-0.3, -0.25) is 4.79 Å². The second kappa shape index (κ2) is 4.39. The first-order valence-electron chi connectivity index (χ1n) is 4.24. The maximum absolute atomic E-state index is 11.5. The summed E-state index contributed by atoms with van der Waals surface area (Å²) in [5, 5.41) is 0. The first-order valence-corrected chi connectivity index (χ1v) is 5.73. The van der Waals surface area contributed by atoms with E-state index in [9.17, 15) is 13.2 Å². The van der Waals surface area contributed by atoms with Crippen LogP contribution in [-0.2, 0) is 10.0 Å². The Hall–Kier alpha value is -1.14. The lowest BCUT2D eigenvalue weighted by Gasteiger charge is -2.03. The number of hydrogen-bond acceptors (Lipinski definition) is 3. The summed E-state index contributed by atoms with van der Waals surface area (Å²) in [7, 11) is -3.46. The first kappa shape index (κ1) is 10.9. The number of nitrogens with one attached hydrogen (secondary N) is 2. The van der Waals surface area contributed by atoms with Gasteiger partial charge in [-0.05, 0) is 12.5 Å². The van der Waals surface area contributed by atoms with E-state index in [1.807, 2.05) is 6.92 Å². The highest BCUT2D eigenvalue weighted by Crippen LogP contribution is 2.03. The smallest absolute Gasteiger partial charge is 0.247 e. The molecule has 0 unspecified atom stereocenters. The highest BCUT2D eigenvalue weighted by molar-refractivity contribution is 7.89. The van der Waals surface area contributed by atoms with Crippen molar-refractivity contribution in [1.29, 1.82) is 0 Å². The Morgan fingerprint density at radius 2 is 2.14 bits per heavy atom. The van der Waals surface area contributed by atoms with Crippen molar-refractivity contribution in [3.63, 3.8) is 0 Å². The summed E-state index contributed by atoms with van der Waals surface area (Å²) in [4.78, 5) is 13.1. The van der Waals surface area contributed by atoms with Crippen LogP contribution >= 0.6 is 0 Å². The second-order valence-corrected chi connectivity index (χ2v) is 4.55. The lowest BCUT2D eigenvalue weighted by molar-refractivity contribution is 0.580. The summed E-state index contributed by atoms with van der Waals surface area (Å²) in [5.41, 5.74) is -0.320. The Morgan fingerprint density at radius 3 is 2.64 bits per heavy atom. The molecule has 0 aliphatic heterocycles. The summed E-state index contributed by atoms with van der Waals surface area (Å²) in [6, 6.07) is 2.46. The van der Waals surface area contributed by atoms with Gasteiger partial charge in [-0.2, -0.15) is 0 Å². The summed E-state index contributed by atoms with van der Waals surface area (Å²) in [6.07, 6.45) is 1.91. The third-order valence-corrected chi connectivity index (χ3v) is 3.07. The fourth-order valence-corrected chi connectivity index (χ4v) is 1.98. The lowest BCUT2D eigenvalue weighted by atomic mass is 10.5. The molecule has 0 aliphatic rings. The fourth-order valence-electron chi connectivity index (χ4n) is 0.883. The molecule has 14 heavy (non-hydrogen) atoms. The second-order valence-electron chi connectivity index (χ2n) is 2.79. The Balaban J connectivity index is 2.93. The molecule has 0 aromatic carbocycles. The van der Waals surface area contributed by atoms with E-state index >= 15 is 0 Å². The molecule has 2 N–H and O–H groups in total. The maximum atomic E-state index is 11.5. The van der Waals surface area contributed by atoms with Crippen LogP contribution in [0.5, 0.6) is 0 Å². The molecule has 0 amide bonds. The number of aromatic nitrogens is 1. The Kier molecular flexibility index (Phi) is 3.43. The molecule has 78 valence electrons. The van der Waals surface area contributed by atoms with Gasteiger partial charge in [0.25, 0.3) is 0 Å². The average molecular weight is 216 g/mol. The van der Waals surface area contributed by atoms with Crippen LogP contribution in [-0.4, -0.2) is 19.9 Å². The minimum atomic E-state index is -3.46. The minimum Gasteiger partial charge on any atom is -0.328 e. The van der Waals surface area contributed by atoms with Gasteiger partial charge < -0.3 is 4.98 Å². The van der Waals surface area contributed by atoms with Gasteiger partial charge in [0.1, 0.15) is 0 Å². The van der Waals surface area contributed by atoms with E-state index in [1.54, 1.807) is 0 Å². The lowest BCUT2D eigenvalue weighted by Crippen LogP contribution is -2.25. The number of pyridine rings is 1. The van der Waals surface area contributed by atoms with Crippen molar-refractivity contribution in [2.45, 2.75) is 18.2 Å². The van der Waals surface area contributed by atoms with E-state index in [0.717, 1.165) is 6.42 Å². The zero-order valence-electron chi connectivity index (χ0n) is 7.78. The maximum Gasteiger partial charge on any atom is 0.247 e. The third kappa shape index (κ3) is 2.68. The summed E-state index contributed by atoms with van der Waals surface area (Å²) < 4.78 is 25.3. The molecule has 6 heteroatoms. The van der Waals surface area contributed by atoms with Crippen LogP contribution in [0.15, 0.2) is 28.0 Å². The van der Waals surface area contributed by atoms with E-state index in [0.29, 0.717) is 6.54 Å². The monoisotopic (exact) mass is 216 g/mol. The molecule has 0 saturated carbocycles. The predicted octanol–water partition coefficient (Wildman–Crippen LogP) is 0.0632. The molecule has 0 spiro atoms. The molecule has 1 aromatic rings. The standard InChI is InChI=1S/C8H12N2O3S/c1-2-5-10-14(12,13)7-3-4-8(11)9-6-7/h3-4,6,10H,2,5H2,1H3,(H,9,11). The van der Waals surface area contributed by atoms with Gasteiger partial charge in [0.05, 0.1) is 4.90 Å². The van der Waals surface area contributed by atoms with Crippen molar-refractivity contribution in [3.05, 3.63) is 28.7 Å². The van der Waals surface area contributed by atoms with Gasteiger partial charge in [0.2, 0.25) is 15.6 Å². The van der Waals surface area contributed by atoms with E-state index in [2.05, 4.69) is 9.71 Å². The van der Waals surface area contributed by atoms with Crippen LogP contribution in [0.1, 0.15) is 13.3 Å².